The van der Waals surface area contributed by atoms with Crippen molar-refractivity contribution in [1.29, 1.82) is 0 Å². The summed E-state index contributed by atoms with van der Waals surface area (Å²) in [5, 5.41) is 24.0. The van der Waals surface area contributed by atoms with Crippen molar-refractivity contribution in [3.63, 3.8) is 0 Å². The maximum absolute atomic E-state index is 14.6. The number of nitro groups is 2. The molecule has 1 aliphatic rings. The van der Waals surface area contributed by atoms with Crippen LogP contribution in [0.15, 0.2) is 58.3 Å². The molecule has 0 unspecified atom stereocenters. The van der Waals surface area contributed by atoms with E-state index in [-0.39, 0.29) is 19.4 Å². The first-order valence-corrected chi connectivity index (χ1v) is 21.8. The summed E-state index contributed by atoms with van der Waals surface area (Å²) in [7, 11) is -9.70. The number of rotatable bonds is 17. The van der Waals surface area contributed by atoms with Crippen molar-refractivity contribution in [2.45, 2.75) is 127 Å². The predicted octanol–water partition coefficient (Wildman–Crippen LogP) is 4.82. The number of sulfonamides is 2. The van der Waals surface area contributed by atoms with Crippen LogP contribution in [-0.2, 0) is 48.6 Å². The largest absolute Gasteiger partial charge is 0.459 e. The lowest BCUT2D eigenvalue weighted by atomic mass is 9.89. The number of para-hydroxylation sites is 2. The normalized spacial score (nSPS) is 16.8. The Labute approximate surface area is 345 Å². The van der Waals surface area contributed by atoms with Gasteiger partial charge in [0.25, 0.3) is 21.4 Å². The van der Waals surface area contributed by atoms with Crippen LogP contribution in [0.1, 0.15) is 88.0 Å². The lowest BCUT2D eigenvalue weighted by molar-refractivity contribution is -0.388. The molecule has 2 aromatic carbocycles. The lowest BCUT2D eigenvalue weighted by Gasteiger charge is -2.44. The van der Waals surface area contributed by atoms with Gasteiger partial charge in [0.1, 0.15) is 29.9 Å². The van der Waals surface area contributed by atoms with Crippen LogP contribution in [0.2, 0.25) is 0 Å². The third-order valence-electron chi connectivity index (χ3n) is 8.68. The first kappa shape index (κ1) is 48.8. The molecule has 2 atom stereocenters. The van der Waals surface area contributed by atoms with E-state index in [0.29, 0.717) is 17.1 Å². The molecule has 0 spiro atoms. The minimum Gasteiger partial charge on any atom is -0.459 e. The summed E-state index contributed by atoms with van der Waals surface area (Å²) in [6.45, 7) is 11.1. The molecule has 19 nitrogen and oxygen atoms in total. The smallest absolute Gasteiger partial charge is 0.321 e. The molecule has 328 valence electrons. The number of hydrogen-bond acceptors (Lipinski definition) is 15. The molecule has 0 bridgehead atoms. The summed E-state index contributed by atoms with van der Waals surface area (Å²) in [4.78, 5) is 62.6. The summed E-state index contributed by atoms with van der Waals surface area (Å²) in [6.07, 6.45) is 1.24. The van der Waals surface area contributed by atoms with E-state index in [1.54, 1.807) is 62.3 Å². The molecular weight excluding hydrogens is 815 g/mol. The van der Waals surface area contributed by atoms with Gasteiger partial charge in [0.15, 0.2) is 9.79 Å². The first-order chi connectivity index (χ1) is 27.0. The van der Waals surface area contributed by atoms with Crippen molar-refractivity contribution < 1.29 is 55.3 Å². The fourth-order valence-corrected chi connectivity index (χ4v) is 9.92. The van der Waals surface area contributed by atoms with E-state index in [0.717, 1.165) is 28.6 Å². The Morgan fingerprint density at radius 3 is 1.44 bits per heavy atom. The number of hydrogen-bond donors (Lipinski definition) is 0. The zero-order valence-corrected chi connectivity index (χ0v) is 36.5. The Morgan fingerprint density at radius 2 is 1.00 bits per heavy atom. The Kier molecular flexibility index (Phi) is 15.9. The quantitative estimate of drug-likeness (QED) is 0.0895. The monoisotopic (exact) mass is 869 g/mol. The zero-order chi connectivity index (χ0) is 44.7. The van der Waals surface area contributed by atoms with Crippen LogP contribution in [0.5, 0.6) is 0 Å². The van der Waals surface area contributed by atoms with Crippen LogP contribution in [0.25, 0.3) is 0 Å². The van der Waals surface area contributed by atoms with Gasteiger partial charge in [0.05, 0.1) is 16.4 Å². The fourth-order valence-electron chi connectivity index (χ4n) is 6.60. The van der Waals surface area contributed by atoms with Gasteiger partial charge in [-0.3, -0.25) is 39.5 Å². The molecule has 1 saturated carbocycles. The van der Waals surface area contributed by atoms with Gasteiger partial charge in [-0.05, 0) is 87.3 Å². The van der Waals surface area contributed by atoms with Crippen molar-refractivity contribution in [1.82, 2.24) is 13.5 Å². The number of nitrogens with zero attached hydrogens (tertiary/aromatic N) is 5. The maximum atomic E-state index is 14.6. The fraction of sp³-hybridized carbons (Fsp3) is 0.605. The van der Waals surface area contributed by atoms with Gasteiger partial charge < -0.3 is 14.2 Å². The number of nitro benzene ring substituents is 2. The highest BCUT2D eigenvalue weighted by Crippen LogP contribution is 2.35. The van der Waals surface area contributed by atoms with Gasteiger partial charge in [0.2, 0.25) is 10.0 Å². The number of benzene rings is 2. The molecule has 21 heteroatoms. The molecule has 0 saturated heterocycles. The van der Waals surface area contributed by atoms with Crippen molar-refractivity contribution in [3.05, 3.63) is 68.8 Å². The van der Waals surface area contributed by atoms with E-state index in [9.17, 15) is 51.4 Å². The van der Waals surface area contributed by atoms with Crippen molar-refractivity contribution in [3.8, 4) is 0 Å². The summed E-state index contributed by atoms with van der Waals surface area (Å²) in [5.41, 5.74) is -4.56. The summed E-state index contributed by atoms with van der Waals surface area (Å²) in [6, 6.07) is 7.15. The van der Waals surface area contributed by atoms with Crippen molar-refractivity contribution >= 4 is 49.3 Å². The van der Waals surface area contributed by atoms with Gasteiger partial charge >= 0.3 is 17.9 Å². The molecule has 59 heavy (non-hydrogen) atoms. The number of carbonyl (C=O) groups is 3. The van der Waals surface area contributed by atoms with Crippen LogP contribution in [0, 0.1) is 20.2 Å². The van der Waals surface area contributed by atoms with Crippen LogP contribution >= 0.6 is 0 Å². The average molecular weight is 870 g/mol. The number of carbonyl (C=O) groups excluding carboxylic acids is 3. The highest BCUT2D eigenvalue weighted by molar-refractivity contribution is 7.89. The SMILES string of the molecule is CC(C)(C)OC(=O)CN(CCN(CC(=O)OC(C)(C)C)S(=O)(=O)c1ccccc1[N+](=O)[O-])[C@@H]1CCCC[C@H]1N(CC(=O)OC(C)(C)C)S(=O)(=O)c1ccccc1[N+](=O)[O-]. The number of ether oxygens (including phenoxy) is 3. The summed E-state index contributed by atoms with van der Waals surface area (Å²) < 4.78 is 75.8. The molecule has 2 aromatic rings. The average Bonchev–Trinajstić information content (AvgIpc) is 3.09. The third-order valence-corrected chi connectivity index (χ3v) is 12.5. The van der Waals surface area contributed by atoms with Gasteiger partial charge in [-0.25, -0.2) is 16.8 Å². The molecule has 0 heterocycles. The Bertz CT molecular complexity index is 2090. The van der Waals surface area contributed by atoms with Gasteiger partial charge in [-0.2, -0.15) is 8.61 Å². The molecule has 1 aliphatic carbocycles. The lowest BCUT2D eigenvalue weighted by Crippen LogP contribution is -2.58. The van der Waals surface area contributed by atoms with Crippen LogP contribution in [-0.4, -0.2) is 120 Å². The van der Waals surface area contributed by atoms with Crippen molar-refractivity contribution in [2.75, 3.05) is 32.7 Å². The summed E-state index contributed by atoms with van der Waals surface area (Å²) >= 11 is 0. The second-order valence-electron chi connectivity index (χ2n) is 17.0. The summed E-state index contributed by atoms with van der Waals surface area (Å²) in [5.74, 6) is -2.71. The topological polar surface area (TPSA) is 243 Å². The predicted molar refractivity (Wildman–Crippen MR) is 214 cm³/mol. The standard InChI is InChI=1S/C38H55N5O14S2/c1-36(2,3)55-33(44)24-39(22-23-40(25-34(45)56-37(4,5)6)58(51,52)31-20-14-12-18-29(31)42(47)48)27-16-10-11-17-28(27)41(26-35(46)57-38(7,8)9)59(53,54)32-21-15-13-19-30(32)43(49)50/h12-15,18-21,27-28H,10-11,16-17,22-26H2,1-9H3/t27-,28-/m1/s1. The van der Waals surface area contributed by atoms with Crippen LogP contribution in [0.3, 0.4) is 0 Å². The van der Waals surface area contributed by atoms with E-state index in [1.165, 1.54) is 29.2 Å². The molecule has 0 N–H and O–H groups in total. The van der Waals surface area contributed by atoms with E-state index in [1.807, 2.05) is 0 Å². The molecule has 3 rings (SSSR count). The van der Waals surface area contributed by atoms with Crippen LogP contribution in [0.4, 0.5) is 11.4 Å². The minimum absolute atomic E-state index is 0.105. The Balaban J connectivity index is 2.23. The van der Waals surface area contributed by atoms with E-state index < -0.39 is 124 Å². The third kappa shape index (κ3) is 14.0. The molecule has 1 fully saturated rings. The second-order valence-corrected chi connectivity index (χ2v) is 20.8. The Morgan fingerprint density at radius 1 is 0.610 bits per heavy atom. The molecular formula is C38H55N5O14S2. The highest BCUT2D eigenvalue weighted by atomic mass is 32.2. The number of esters is 3. The molecule has 0 amide bonds. The zero-order valence-electron chi connectivity index (χ0n) is 34.9. The maximum Gasteiger partial charge on any atom is 0.321 e. The van der Waals surface area contributed by atoms with E-state index in [2.05, 4.69) is 0 Å². The van der Waals surface area contributed by atoms with E-state index in [4.69, 9.17) is 14.2 Å². The van der Waals surface area contributed by atoms with Gasteiger partial charge in [-0.15, -0.1) is 0 Å². The van der Waals surface area contributed by atoms with Gasteiger partial charge in [0, 0.05) is 37.3 Å². The Hall–Kier alpha value is -4.57. The van der Waals surface area contributed by atoms with Crippen molar-refractivity contribution in [2.24, 2.45) is 0 Å². The molecule has 0 aromatic heterocycles. The first-order valence-electron chi connectivity index (χ1n) is 18.9. The van der Waals surface area contributed by atoms with E-state index >= 15 is 0 Å². The van der Waals surface area contributed by atoms with Gasteiger partial charge in [-0.1, -0.05) is 37.1 Å². The highest BCUT2D eigenvalue weighted by Gasteiger charge is 2.45. The molecule has 0 radical (unpaired) electrons. The molecule has 0 aliphatic heterocycles. The minimum atomic E-state index is -4.87. The van der Waals surface area contributed by atoms with Crippen LogP contribution < -0.4 is 0 Å². The second kappa shape index (κ2) is 19.2.